The summed E-state index contributed by atoms with van der Waals surface area (Å²) in [6, 6.07) is 6.91. The second kappa shape index (κ2) is 24.3. The first-order valence-electron chi connectivity index (χ1n) is 23.6. The fraction of sp³-hybridized carbons (Fsp3) is 0.640. The van der Waals surface area contributed by atoms with Crippen LogP contribution in [0.25, 0.3) is 0 Å². The van der Waals surface area contributed by atoms with Gasteiger partial charge >= 0.3 is 11.9 Å². The van der Waals surface area contributed by atoms with Gasteiger partial charge in [-0.1, -0.05) is 70.9 Å². The van der Waals surface area contributed by atoms with E-state index in [-0.39, 0.29) is 66.8 Å². The lowest BCUT2D eigenvalue weighted by atomic mass is 9.89. The van der Waals surface area contributed by atoms with Gasteiger partial charge in [0.25, 0.3) is 17.7 Å². The van der Waals surface area contributed by atoms with E-state index in [1.807, 2.05) is 83.8 Å². The number of ether oxygens (including phenoxy) is 3. The topological polar surface area (TPSA) is 194 Å². The van der Waals surface area contributed by atoms with Crippen molar-refractivity contribution in [1.29, 1.82) is 0 Å². The van der Waals surface area contributed by atoms with E-state index >= 15 is 0 Å². The molecule has 2 N–H and O–H groups in total. The molecule has 16 nitrogen and oxygen atoms in total. The number of nitrogens with zero attached hydrogens (tertiary/aromatic N) is 4. The molecule has 7 atom stereocenters. The zero-order valence-corrected chi connectivity index (χ0v) is 42.4. The first-order chi connectivity index (χ1) is 31.5. The van der Waals surface area contributed by atoms with Gasteiger partial charge in [-0.05, 0) is 91.3 Å². The van der Waals surface area contributed by atoms with E-state index in [4.69, 9.17) is 14.2 Å². The van der Waals surface area contributed by atoms with E-state index in [1.54, 1.807) is 38.1 Å². The zero-order valence-electron chi connectivity index (χ0n) is 41.6. The second-order valence-electron chi connectivity index (χ2n) is 19.7. The van der Waals surface area contributed by atoms with Gasteiger partial charge in [0.2, 0.25) is 11.8 Å². The van der Waals surface area contributed by atoms with Crippen molar-refractivity contribution in [1.82, 2.24) is 30.3 Å². The predicted molar refractivity (Wildman–Crippen MR) is 255 cm³/mol. The maximum absolute atomic E-state index is 14.3. The number of esters is 2. The summed E-state index contributed by atoms with van der Waals surface area (Å²) in [7, 11) is 3.65. The average Bonchev–Trinajstić information content (AvgIpc) is 3.90. The van der Waals surface area contributed by atoms with Crippen LogP contribution in [0, 0.1) is 17.3 Å². The number of hydrogen-bond acceptors (Lipinski definition) is 13. The number of hydrogen-bond donors (Lipinski definition) is 2. The highest BCUT2D eigenvalue weighted by Gasteiger charge is 2.39. The third kappa shape index (κ3) is 15.2. The van der Waals surface area contributed by atoms with Gasteiger partial charge in [-0.25, -0.2) is 4.98 Å². The minimum atomic E-state index is -0.991. The number of imide groups is 1. The minimum absolute atomic E-state index is 0.0784. The Kier molecular flexibility index (Phi) is 19.8. The van der Waals surface area contributed by atoms with E-state index in [0.717, 1.165) is 37.1 Å². The molecule has 0 radical (unpaired) electrons. The summed E-state index contributed by atoms with van der Waals surface area (Å²) in [6.45, 7) is 19.4. The average molecular weight is 951 g/mol. The van der Waals surface area contributed by atoms with E-state index in [2.05, 4.69) is 15.6 Å². The van der Waals surface area contributed by atoms with Crippen molar-refractivity contribution in [3.8, 4) is 0 Å². The second-order valence-corrected chi connectivity index (χ2v) is 20.6. The summed E-state index contributed by atoms with van der Waals surface area (Å²) >= 11 is 1.16. The molecule has 0 spiro atoms. The van der Waals surface area contributed by atoms with Gasteiger partial charge in [0.15, 0.2) is 6.10 Å². The Labute approximate surface area is 400 Å². The Morgan fingerprint density at radius 2 is 1.60 bits per heavy atom. The van der Waals surface area contributed by atoms with Crippen LogP contribution in [-0.2, 0) is 43.0 Å². The Bertz CT molecular complexity index is 2050. The Hall–Kier alpha value is -5.00. The van der Waals surface area contributed by atoms with Gasteiger partial charge in [0, 0.05) is 57.1 Å². The molecule has 1 unspecified atom stereocenters. The lowest BCUT2D eigenvalue weighted by molar-refractivity contribution is -0.163. The summed E-state index contributed by atoms with van der Waals surface area (Å²) in [5, 5.41) is 8.01. The van der Waals surface area contributed by atoms with E-state index in [9.17, 15) is 33.6 Å². The maximum Gasteiger partial charge on any atom is 0.312 e. The molecular formula is C50H74N6O10S. The van der Waals surface area contributed by atoms with Gasteiger partial charge in [0.1, 0.15) is 22.8 Å². The molecule has 5 amide bonds. The SMILES string of the molecule is CC[C@H](C)[C@H](NC(=O)[C@H]1CCCCN1C)C(=O)N(C)C(C[C@@H](OC(C)=O)c1nc(C(=O)N[C@H](C)[C@@H](OC(=O)C(C)(C)CCOC(C)(C)CCN2C(=O)C=CC2=O)c2ccccc2)cs1)C(C)C. The van der Waals surface area contributed by atoms with Crippen molar-refractivity contribution in [2.75, 3.05) is 33.8 Å². The number of piperidine rings is 1. The number of benzene rings is 1. The van der Waals surface area contributed by atoms with Crippen LogP contribution < -0.4 is 10.6 Å². The van der Waals surface area contributed by atoms with Gasteiger partial charge in [-0.2, -0.15) is 0 Å². The number of carbonyl (C=O) groups is 7. The molecule has 67 heavy (non-hydrogen) atoms. The van der Waals surface area contributed by atoms with Crippen LogP contribution in [0.2, 0.25) is 0 Å². The van der Waals surface area contributed by atoms with E-state index in [0.29, 0.717) is 29.8 Å². The number of rotatable bonds is 24. The summed E-state index contributed by atoms with van der Waals surface area (Å²) in [6.07, 6.45) is 5.03. The smallest absolute Gasteiger partial charge is 0.312 e. The molecule has 2 aromatic rings. The first kappa shape index (κ1) is 54.6. The largest absolute Gasteiger partial charge is 0.455 e. The van der Waals surface area contributed by atoms with Gasteiger partial charge in [-0.15, -0.1) is 11.3 Å². The van der Waals surface area contributed by atoms with Crippen molar-refractivity contribution < 1.29 is 47.8 Å². The number of amides is 5. The maximum atomic E-state index is 14.3. The molecule has 3 heterocycles. The van der Waals surface area contributed by atoms with Crippen LogP contribution in [-0.4, -0.2) is 125 Å². The summed E-state index contributed by atoms with van der Waals surface area (Å²) < 4.78 is 18.1. The van der Waals surface area contributed by atoms with E-state index < -0.39 is 59.2 Å². The molecule has 0 aliphatic carbocycles. The van der Waals surface area contributed by atoms with Crippen molar-refractivity contribution >= 4 is 52.8 Å². The number of nitrogens with one attached hydrogen (secondary N) is 2. The molecule has 17 heteroatoms. The lowest BCUT2D eigenvalue weighted by Gasteiger charge is -2.38. The molecule has 1 fully saturated rings. The van der Waals surface area contributed by atoms with Crippen molar-refractivity contribution in [2.45, 2.75) is 156 Å². The normalized spacial score (nSPS) is 18.5. The molecule has 1 saturated heterocycles. The van der Waals surface area contributed by atoms with Crippen LogP contribution >= 0.6 is 11.3 Å². The Morgan fingerprint density at radius 1 is 0.940 bits per heavy atom. The van der Waals surface area contributed by atoms with Crippen LogP contribution in [0.15, 0.2) is 47.9 Å². The van der Waals surface area contributed by atoms with Crippen LogP contribution in [0.1, 0.15) is 147 Å². The van der Waals surface area contributed by atoms with Gasteiger partial charge in [-0.3, -0.25) is 43.4 Å². The third-order valence-corrected chi connectivity index (χ3v) is 14.0. The molecular weight excluding hydrogens is 877 g/mol. The number of thiazole rings is 1. The summed E-state index contributed by atoms with van der Waals surface area (Å²) in [5.74, 6) is -2.89. The van der Waals surface area contributed by atoms with Crippen molar-refractivity contribution in [3.05, 3.63) is 64.1 Å². The van der Waals surface area contributed by atoms with E-state index in [1.165, 1.54) is 24.0 Å². The standard InChI is InChI=1S/C50H74N6O10S/c1-13-32(4)42(53-45(61)37-21-17-18-26-54(37)11)47(62)55(12)38(31(2)3)29-39(65-34(6)57)46-52-36(30-67-46)44(60)51-33(5)43(35-19-15-14-16-20-35)66-48(63)49(7,8)25-28-64-50(9,10)24-27-56-40(58)22-23-41(56)59/h14-16,19-20,22-23,30-33,37-39,42-43H,13,17-18,21,24-29H2,1-12H3,(H,51,60)(H,53,61)/t32-,33+,37+,38?,39+,42-,43+/m0/s1. The molecule has 0 saturated carbocycles. The number of likely N-dealkylation sites (N-methyl/N-ethyl adjacent to an activating group) is 2. The summed E-state index contributed by atoms with van der Waals surface area (Å²) in [5.41, 5.74) is -0.929. The van der Waals surface area contributed by atoms with Gasteiger partial charge < -0.3 is 29.7 Å². The fourth-order valence-electron chi connectivity index (χ4n) is 8.28. The zero-order chi connectivity index (χ0) is 49.8. The van der Waals surface area contributed by atoms with Crippen LogP contribution in [0.5, 0.6) is 0 Å². The number of likely N-dealkylation sites (tertiary alicyclic amines) is 1. The van der Waals surface area contributed by atoms with Gasteiger partial charge in [0.05, 0.1) is 23.1 Å². The number of aromatic nitrogens is 1. The first-order valence-corrected chi connectivity index (χ1v) is 24.5. The number of carbonyl (C=O) groups excluding carboxylic acids is 7. The fourth-order valence-corrected chi connectivity index (χ4v) is 9.12. The molecule has 4 rings (SSSR count). The third-order valence-electron chi connectivity index (χ3n) is 13.0. The Balaban J connectivity index is 1.44. The molecule has 0 bridgehead atoms. The Morgan fingerprint density at radius 3 is 2.19 bits per heavy atom. The molecule has 1 aromatic carbocycles. The quantitative estimate of drug-likeness (QED) is 0.0852. The summed E-state index contributed by atoms with van der Waals surface area (Å²) in [4.78, 5) is 102. The highest BCUT2D eigenvalue weighted by Crippen LogP contribution is 2.33. The molecule has 2 aliphatic heterocycles. The lowest BCUT2D eigenvalue weighted by Crippen LogP contribution is -2.58. The molecule has 1 aromatic heterocycles. The van der Waals surface area contributed by atoms with Crippen LogP contribution in [0.3, 0.4) is 0 Å². The predicted octanol–water partition coefficient (Wildman–Crippen LogP) is 6.57. The molecule has 2 aliphatic rings. The highest BCUT2D eigenvalue weighted by atomic mass is 32.1. The highest BCUT2D eigenvalue weighted by molar-refractivity contribution is 7.09. The van der Waals surface area contributed by atoms with Crippen molar-refractivity contribution in [2.24, 2.45) is 17.3 Å². The monoisotopic (exact) mass is 951 g/mol. The minimum Gasteiger partial charge on any atom is -0.455 e. The molecule has 370 valence electrons. The van der Waals surface area contributed by atoms with Crippen LogP contribution in [0.4, 0.5) is 0 Å². The van der Waals surface area contributed by atoms with Crippen molar-refractivity contribution in [3.63, 3.8) is 0 Å².